The summed E-state index contributed by atoms with van der Waals surface area (Å²) in [4.78, 5) is 37.3. The number of hydrogen-bond donors (Lipinski definition) is 1. The van der Waals surface area contributed by atoms with Gasteiger partial charge in [0.05, 0.1) is 17.6 Å². The average Bonchev–Trinajstić information content (AvgIpc) is 3.65. The molecule has 6 nitrogen and oxygen atoms in total. The molecule has 2 aromatic rings. The van der Waals surface area contributed by atoms with Gasteiger partial charge in [-0.25, -0.2) is 4.79 Å². The molecule has 0 bridgehead atoms. The van der Waals surface area contributed by atoms with Crippen molar-refractivity contribution in [2.75, 3.05) is 18.5 Å². The fourth-order valence-electron chi connectivity index (χ4n) is 3.50. The molecule has 29 heavy (non-hydrogen) atoms. The molecule has 1 N–H and O–H groups in total. The van der Waals surface area contributed by atoms with Gasteiger partial charge in [-0.3, -0.25) is 9.59 Å². The summed E-state index contributed by atoms with van der Waals surface area (Å²) < 4.78 is 10.5. The van der Waals surface area contributed by atoms with Crippen LogP contribution in [0.1, 0.15) is 60.0 Å². The summed E-state index contributed by atoms with van der Waals surface area (Å²) in [6, 6.07) is 9.49. The molecule has 2 aliphatic rings. The normalized spacial score (nSPS) is 16.7. The van der Waals surface area contributed by atoms with Crippen molar-refractivity contribution in [1.29, 1.82) is 0 Å². The monoisotopic (exact) mass is 413 g/mol. The van der Waals surface area contributed by atoms with Gasteiger partial charge in [-0.05, 0) is 55.0 Å². The summed E-state index contributed by atoms with van der Waals surface area (Å²) in [6.07, 6.45) is 3.52. The van der Waals surface area contributed by atoms with Gasteiger partial charge < -0.3 is 14.8 Å². The van der Waals surface area contributed by atoms with E-state index in [0.717, 1.165) is 36.8 Å². The summed E-state index contributed by atoms with van der Waals surface area (Å²) in [5.74, 6) is -0.912. The minimum Gasteiger partial charge on any atom is -0.462 e. The van der Waals surface area contributed by atoms with E-state index in [0.29, 0.717) is 16.5 Å². The summed E-state index contributed by atoms with van der Waals surface area (Å²) in [6.45, 7) is 1.64. The number of carbonyl (C=O) groups is 3. The molecule has 152 valence electrons. The minimum atomic E-state index is -0.625. The lowest BCUT2D eigenvalue weighted by atomic mass is 9.96. The number of anilines is 1. The zero-order chi connectivity index (χ0) is 20.4. The maximum absolute atomic E-state index is 12.6. The number of benzene rings is 1. The Bertz CT molecular complexity index is 928. The van der Waals surface area contributed by atoms with E-state index in [2.05, 4.69) is 5.32 Å². The maximum Gasteiger partial charge on any atom is 0.341 e. The molecule has 4 rings (SSSR count). The van der Waals surface area contributed by atoms with Crippen LogP contribution >= 0.6 is 11.3 Å². The zero-order valence-corrected chi connectivity index (χ0v) is 17.1. The van der Waals surface area contributed by atoms with Crippen molar-refractivity contribution in [2.24, 2.45) is 0 Å². The van der Waals surface area contributed by atoms with Crippen LogP contribution in [-0.2, 0) is 24.5 Å². The van der Waals surface area contributed by atoms with E-state index in [1.165, 1.54) is 11.3 Å². The number of hydrogen-bond acceptors (Lipinski definition) is 6. The third-order valence-corrected chi connectivity index (χ3v) is 6.28. The highest BCUT2D eigenvalue weighted by Gasteiger charge is 2.52. The second-order valence-corrected chi connectivity index (χ2v) is 8.34. The van der Waals surface area contributed by atoms with Crippen molar-refractivity contribution in [3.8, 4) is 0 Å². The molecule has 0 spiro atoms. The molecule has 2 fully saturated rings. The molecule has 0 aliphatic heterocycles. The standard InChI is InChI=1S/C22H23NO5S/c1-2-27-20(25)18-16(14-8-9-14)13-29-19(18)23-17(24)12-28-21(26)22(10-11-22)15-6-4-3-5-7-15/h3-7,13-14H,2,8-12H2,1H3,(H,23,24). The first-order valence-electron chi connectivity index (χ1n) is 9.86. The Labute approximate surface area is 173 Å². The smallest absolute Gasteiger partial charge is 0.341 e. The highest BCUT2D eigenvalue weighted by molar-refractivity contribution is 7.15. The van der Waals surface area contributed by atoms with Crippen molar-refractivity contribution in [3.63, 3.8) is 0 Å². The number of amides is 1. The SMILES string of the molecule is CCOC(=O)c1c(C2CC2)csc1NC(=O)COC(=O)C1(c2ccccc2)CC1. The van der Waals surface area contributed by atoms with Crippen molar-refractivity contribution < 1.29 is 23.9 Å². The van der Waals surface area contributed by atoms with Gasteiger partial charge in [-0.2, -0.15) is 0 Å². The van der Waals surface area contributed by atoms with Crippen LogP contribution in [0.5, 0.6) is 0 Å². The summed E-state index contributed by atoms with van der Waals surface area (Å²) in [5, 5.41) is 5.08. The second-order valence-electron chi connectivity index (χ2n) is 7.46. The third-order valence-electron chi connectivity index (χ3n) is 5.37. The molecule has 2 aliphatic carbocycles. The van der Waals surface area contributed by atoms with Gasteiger partial charge in [0, 0.05) is 0 Å². The zero-order valence-electron chi connectivity index (χ0n) is 16.2. The van der Waals surface area contributed by atoms with E-state index in [9.17, 15) is 14.4 Å². The minimum absolute atomic E-state index is 0.269. The van der Waals surface area contributed by atoms with Crippen LogP contribution in [-0.4, -0.2) is 31.1 Å². The van der Waals surface area contributed by atoms with E-state index >= 15 is 0 Å². The van der Waals surface area contributed by atoms with Crippen molar-refractivity contribution in [1.82, 2.24) is 0 Å². The van der Waals surface area contributed by atoms with Gasteiger partial charge in [0.25, 0.3) is 5.91 Å². The summed E-state index contributed by atoms with van der Waals surface area (Å²) >= 11 is 1.30. The summed E-state index contributed by atoms with van der Waals surface area (Å²) in [7, 11) is 0. The molecule has 0 unspecified atom stereocenters. The van der Waals surface area contributed by atoms with Crippen LogP contribution in [0.2, 0.25) is 0 Å². The Hall–Kier alpha value is -2.67. The molecular formula is C22H23NO5S. The number of esters is 2. The predicted octanol–water partition coefficient (Wildman–Crippen LogP) is 4.02. The maximum atomic E-state index is 12.6. The average molecular weight is 413 g/mol. The molecule has 1 heterocycles. The number of thiophene rings is 1. The van der Waals surface area contributed by atoms with E-state index in [1.54, 1.807) is 6.92 Å². The topological polar surface area (TPSA) is 81.7 Å². The number of ether oxygens (including phenoxy) is 2. The lowest BCUT2D eigenvalue weighted by molar-refractivity contribution is -0.150. The Kier molecular flexibility index (Phi) is 5.41. The predicted molar refractivity (Wildman–Crippen MR) is 109 cm³/mol. The van der Waals surface area contributed by atoms with Crippen LogP contribution in [0, 0.1) is 0 Å². The fourth-order valence-corrected chi connectivity index (χ4v) is 4.54. The largest absolute Gasteiger partial charge is 0.462 e. The Morgan fingerprint density at radius 2 is 1.86 bits per heavy atom. The lowest BCUT2D eigenvalue weighted by Crippen LogP contribution is -2.28. The van der Waals surface area contributed by atoms with Gasteiger partial charge >= 0.3 is 11.9 Å². The molecule has 2 saturated carbocycles. The Morgan fingerprint density at radius 1 is 1.14 bits per heavy atom. The number of carbonyl (C=O) groups excluding carboxylic acids is 3. The van der Waals surface area contributed by atoms with Gasteiger partial charge in [-0.1, -0.05) is 30.3 Å². The molecule has 1 aromatic heterocycles. The van der Waals surface area contributed by atoms with Gasteiger partial charge in [0.2, 0.25) is 0 Å². The van der Waals surface area contributed by atoms with E-state index < -0.39 is 17.3 Å². The van der Waals surface area contributed by atoms with Crippen LogP contribution < -0.4 is 5.32 Å². The highest BCUT2D eigenvalue weighted by Crippen LogP contribution is 2.49. The number of rotatable bonds is 8. The molecular weight excluding hydrogens is 390 g/mol. The molecule has 0 radical (unpaired) electrons. The molecule has 1 amide bonds. The van der Waals surface area contributed by atoms with Crippen LogP contribution in [0.25, 0.3) is 0 Å². The first-order valence-corrected chi connectivity index (χ1v) is 10.7. The molecule has 1 aromatic carbocycles. The van der Waals surface area contributed by atoms with Crippen molar-refractivity contribution in [3.05, 3.63) is 52.4 Å². The van der Waals surface area contributed by atoms with Gasteiger partial charge in [0.15, 0.2) is 6.61 Å². The highest BCUT2D eigenvalue weighted by atomic mass is 32.1. The van der Waals surface area contributed by atoms with E-state index in [1.807, 2.05) is 35.7 Å². The first kappa shape index (κ1) is 19.6. The Morgan fingerprint density at radius 3 is 2.48 bits per heavy atom. The fraction of sp³-hybridized carbons (Fsp3) is 0.409. The van der Waals surface area contributed by atoms with Crippen molar-refractivity contribution in [2.45, 2.75) is 43.9 Å². The quantitative estimate of drug-likeness (QED) is 0.661. The Balaban J connectivity index is 1.39. The summed E-state index contributed by atoms with van der Waals surface area (Å²) in [5.41, 5.74) is 1.66. The first-order chi connectivity index (χ1) is 14.0. The lowest BCUT2D eigenvalue weighted by Gasteiger charge is -2.14. The van der Waals surface area contributed by atoms with E-state index in [-0.39, 0.29) is 19.2 Å². The van der Waals surface area contributed by atoms with Crippen LogP contribution in [0.3, 0.4) is 0 Å². The van der Waals surface area contributed by atoms with Gasteiger partial charge in [-0.15, -0.1) is 11.3 Å². The van der Waals surface area contributed by atoms with Crippen LogP contribution in [0.15, 0.2) is 35.7 Å². The number of nitrogens with one attached hydrogen (secondary N) is 1. The second kappa shape index (κ2) is 7.99. The molecule has 7 heteroatoms. The third kappa shape index (κ3) is 4.05. The van der Waals surface area contributed by atoms with E-state index in [4.69, 9.17) is 9.47 Å². The van der Waals surface area contributed by atoms with Gasteiger partial charge in [0.1, 0.15) is 5.00 Å². The van der Waals surface area contributed by atoms with Crippen molar-refractivity contribution >= 4 is 34.2 Å². The molecule has 0 atom stereocenters. The molecule has 0 saturated heterocycles. The van der Waals surface area contributed by atoms with Crippen LogP contribution in [0.4, 0.5) is 5.00 Å².